The molecule has 28 heavy (non-hydrogen) atoms. The maximum absolute atomic E-state index is 11.4. The second kappa shape index (κ2) is 8.31. The van der Waals surface area contributed by atoms with E-state index in [9.17, 15) is 9.90 Å². The number of aryl methyl sites for hydroxylation is 1. The Morgan fingerprint density at radius 1 is 1.18 bits per heavy atom. The molecular formula is C20H19ClN2O5. The standard InChI is InChI=1S/C20H19ClN2O5/c1-11-22-23-20(28-11)17(10-19(24)25)13-6-12(7-14(21)8-13)16-5-4-15(26-2)9-18(16)27-3/h4-9,17H,10H2,1-3H3,(H,24,25). The number of halogens is 1. The molecule has 1 atom stereocenters. The van der Waals surface area contributed by atoms with Gasteiger partial charge in [-0.2, -0.15) is 0 Å². The van der Waals surface area contributed by atoms with Gasteiger partial charge in [0.15, 0.2) is 0 Å². The minimum atomic E-state index is -0.982. The summed E-state index contributed by atoms with van der Waals surface area (Å²) in [5, 5.41) is 17.6. The molecule has 0 fully saturated rings. The van der Waals surface area contributed by atoms with Crippen LogP contribution in [0.5, 0.6) is 11.5 Å². The normalized spacial score (nSPS) is 11.9. The van der Waals surface area contributed by atoms with Crippen molar-refractivity contribution in [2.75, 3.05) is 14.2 Å². The van der Waals surface area contributed by atoms with Gasteiger partial charge in [-0.15, -0.1) is 10.2 Å². The molecule has 0 saturated carbocycles. The summed E-state index contributed by atoms with van der Waals surface area (Å²) in [6, 6.07) is 10.8. The number of rotatable bonds is 7. The van der Waals surface area contributed by atoms with Crippen LogP contribution in [0, 0.1) is 6.92 Å². The van der Waals surface area contributed by atoms with E-state index in [1.165, 1.54) is 0 Å². The molecule has 0 bridgehead atoms. The lowest BCUT2D eigenvalue weighted by molar-refractivity contribution is -0.137. The molecule has 8 heteroatoms. The van der Waals surface area contributed by atoms with Crippen LogP contribution in [-0.2, 0) is 4.79 Å². The van der Waals surface area contributed by atoms with E-state index in [-0.39, 0.29) is 12.3 Å². The van der Waals surface area contributed by atoms with Crippen LogP contribution in [0.25, 0.3) is 11.1 Å². The Kier molecular flexibility index (Phi) is 5.84. The number of ether oxygens (including phenoxy) is 2. The van der Waals surface area contributed by atoms with Gasteiger partial charge in [0.1, 0.15) is 11.5 Å². The van der Waals surface area contributed by atoms with Crippen LogP contribution in [0.3, 0.4) is 0 Å². The van der Waals surface area contributed by atoms with Crippen LogP contribution in [-0.4, -0.2) is 35.5 Å². The van der Waals surface area contributed by atoms with Crippen molar-refractivity contribution in [2.45, 2.75) is 19.3 Å². The molecule has 1 unspecified atom stereocenters. The highest BCUT2D eigenvalue weighted by atomic mass is 35.5. The number of carboxylic acids is 1. The molecular weight excluding hydrogens is 384 g/mol. The average molecular weight is 403 g/mol. The van der Waals surface area contributed by atoms with Gasteiger partial charge in [-0.25, -0.2) is 0 Å². The second-order valence-corrected chi connectivity index (χ2v) is 6.59. The van der Waals surface area contributed by atoms with E-state index in [1.54, 1.807) is 39.3 Å². The third kappa shape index (κ3) is 4.26. The maximum Gasteiger partial charge on any atom is 0.304 e. The number of aromatic nitrogens is 2. The number of methoxy groups -OCH3 is 2. The number of nitrogens with zero attached hydrogens (tertiary/aromatic N) is 2. The van der Waals surface area contributed by atoms with Gasteiger partial charge in [0.05, 0.1) is 26.6 Å². The van der Waals surface area contributed by atoms with Gasteiger partial charge in [0.2, 0.25) is 11.8 Å². The molecule has 0 aliphatic rings. The fraction of sp³-hybridized carbons (Fsp3) is 0.250. The van der Waals surface area contributed by atoms with Crippen molar-refractivity contribution in [2.24, 2.45) is 0 Å². The van der Waals surface area contributed by atoms with Gasteiger partial charge >= 0.3 is 5.97 Å². The predicted octanol–water partition coefficient (Wildman–Crippen LogP) is 4.32. The van der Waals surface area contributed by atoms with E-state index in [0.29, 0.717) is 28.0 Å². The molecule has 1 N–H and O–H groups in total. The predicted molar refractivity (Wildman–Crippen MR) is 103 cm³/mol. The second-order valence-electron chi connectivity index (χ2n) is 6.15. The highest BCUT2D eigenvalue weighted by Gasteiger charge is 2.25. The number of carboxylic acid groups (broad SMARTS) is 1. The zero-order valence-electron chi connectivity index (χ0n) is 15.6. The topological polar surface area (TPSA) is 94.7 Å². The van der Waals surface area contributed by atoms with Crippen molar-refractivity contribution in [3.05, 3.63) is 58.8 Å². The van der Waals surface area contributed by atoms with Gasteiger partial charge in [0.25, 0.3) is 0 Å². The lowest BCUT2D eigenvalue weighted by Crippen LogP contribution is -2.09. The zero-order valence-corrected chi connectivity index (χ0v) is 16.4. The molecule has 1 aromatic heterocycles. The van der Waals surface area contributed by atoms with Crippen LogP contribution < -0.4 is 9.47 Å². The molecule has 146 valence electrons. The third-order valence-electron chi connectivity index (χ3n) is 4.26. The number of aliphatic carboxylic acids is 1. The van der Waals surface area contributed by atoms with Crippen molar-refractivity contribution in [1.29, 1.82) is 0 Å². The molecule has 0 aliphatic carbocycles. The third-order valence-corrected chi connectivity index (χ3v) is 4.48. The number of benzene rings is 2. The first-order valence-corrected chi connectivity index (χ1v) is 8.83. The van der Waals surface area contributed by atoms with E-state index in [1.807, 2.05) is 18.2 Å². The molecule has 0 aliphatic heterocycles. The quantitative estimate of drug-likeness (QED) is 0.628. The minimum Gasteiger partial charge on any atom is -0.497 e. The van der Waals surface area contributed by atoms with Crippen LogP contribution >= 0.6 is 11.6 Å². The average Bonchev–Trinajstić information content (AvgIpc) is 3.10. The highest BCUT2D eigenvalue weighted by Crippen LogP contribution is 2.38. The maximum atomic E-state index is 11.4. The molecule has 1 heterocycles. The van der Waals surface area contributed by atoms with E-state index in [2.05, 4.69) is 10.2 Å². The first kappa shape index (κ1) is 19.7. The largest absolute Gasteiger partial charge is 0.497 e. The number of carbonyl (C=O) groups is 1. The van der Waals surface area contributed by atoms with Crippen molar-refractivity contribution in [1.82, 2.24) is 10.2 Å². The van der Waals surface area contributed by atoms with Crippen LogP contribution in [0.2, 0.25) is 5.02 Å². The SMILES string of the molecule is COc1ccc(-c2cc(Cl)cc(C(CC(=O)O)c3nnc(C)o3)c2)c(OC)c1. The summed E-state index contributed by atoms with van der Waals surface area (Å²) < 4.78 is 16.2. The van der Waals surface area contributed by atoms with Gasteiger partial charge in [-0.05, 0) is 35.4 Å². The molecule has 3 aromatic rings. The first-order chi connectivity index (χ1) is 13.4. The van der Waals surface area contributed by atoms with Crippen molar-refractivity contribution < 1.29 is 23.8 Å². The monoisotopic (exact) mass is 402 g/mol. The summed E-state index contributed by atoms with van der Waals surface area (Å²) in [6.07, 6.45) is -0.207. The minimum absolute atomic E-state index is 0.207. The van der Waals surface area contributed by atoms with Gasteiger partial charge < -0.3 is 19.0 Å². The molecule has 0 amide bonds. The summed E-state index contributed by atoms with van der Waals surface area (Å²) in [4.78, 5) is 11.4. The molecule has 7 nitrogen and oxygen atoms in total. The molecule has 0 saturated heterocycles. The molecule has 3 rings (SSSR count). The van der Waals surface area contributed by atoms with E-state index in [4.69, 9.17) is 25.5 Å². The Morgan fingerprint density at radius 2 is 1.96 bits per heavy atom. The van der Waals surface area contributed by atoms with E-state index < -0.39 is 11.9 Å². The first-order valence-electron chi connectivity index (χ1n) is 8.46. The highest BCUT2D eigenvalue weighted by molar-refractivity contribution is 6.31. The molecule has 2 aromatic carbocycles. The molecule has 0 spiro atoms. The Balaban J connectivity index is 2.11. The van der Waals surface area contributed by atoms with Crippen LogP contribution in [0.1, 0.15) is 29.7 Å². The Hall–Kier alpha value is -3.06. The summed E-state index contributed by atoms with van der Waals surface area (Å²) in [7, 11) is 3.15. The smallest absolute Gasteiger partial charge is 0.304 e. The van der Waals surface area contributed by atoms with Gasteiger partial charge in [0, 0.05) is 23.6 Å². The van der Waals surface area contributed by atoms with Crippen LogP contribution in [0.15, 0.2) is 40.8 Å². The van der Waals surface area contributed by atoms with Crippen molar-refractivity contribution >= 4 is 17.6 Å². The summed E-state index contributed by atoms with van der Waals surface area (Å²) in [5.41, 5.74) is 2.22. The van der Waals surface area contributed by atoms with E-state index >= 15 is 0 Å². The fourth-order valence-electron chi connectivity index (χ4n) is 2.98. The Labute approximate surface area is 166 Å². The molecule has 0 radical (unpaired) electrons. The summed E-state index contributed by atoms with van der Waals surface area (Å²) in [5.74, 6) is 0.257. The zero-order chi connectivity index (χ0) is 20.3. The summed E-state index contributed by atoms with van der Waals surface area (Å²) >= 11 is 6.35. The van der Waals surface area contributed by atoms with Crippen molar-refractivity contribution in [3.8, 4) is 22.6 Å². The van der Waals surface area contributed by atoms with Gasteiger partial charge in [-0.3, -0.25) is 4.79 Å². The van der Waals surface area contributed by atoms with Crippen LogP contribution in [0.4, 0.5) is 0 Å². The Morgan fingerprint density at radius 3 is 2.57 bits per heavy atom. The summed E-state index contributed by atoms with van der Waals surface area (Å²) in [6.45, 7) is 1.65. The fourth-order valence-corrected chi connectivity index (χ4v) is 3.22. The van der Waals surface area contributed by atoms with Gasteiger partial charge in [-0.1, -0.05) is 17.7 Å². The van der Waals surface area contributed by atoms with E-state index in [0.717, 1.165) is 11.1 Å². The number of hydrogen-bond donors (Lipinski definition) is 1. The number of hydrogen-bond acceptors (Lipinski definition) is 6. The lowest BCUT2D eigenvalue weighted by Gasteiger charge is -2.15. The van der Waals surface area contributed by atoms with Crippen molar-refractivity contribution in [3.63, 3.8) is 0 Å². The lowest BCUT2D eigenvalue weighted by atomic mass is 9.92. The Bertz CT molecular complexity index is 1000.